The third kappa shape index (κ3) is 5.65. The number of carbonyl (C=O) groups is 1. The minimum atomic E-state index is -0.600. The first-order valence-corrected chi connectivity index (χ1v) is 12.8. The van der Waals surface area contributed by atoms with Crippen molar-refractivity contribution in [1.82, 2.24) is 19.8 Å². The summed E-state index contributed by atoms with van der Waals surface area (Å²) in [5.41, 5.74) is 0.138. The van der Waals surface area contributed by atoms with E-state index in [4.69, 9.17) is 26.1 Å². The summed E-state index contributed by atoms with van der Waals surface area (Å²) in [6, 6.07) is 4.39. The summed E-state index contributed by atoms with van der Waals surface area (Å²) in [6.07, 6.45) is 2.06. The van der Waals surface area contributed by atoms with Gasteiger partial charge in [0.25, 0.3) is 0 Å². The quantitative estimate of drug-likeness (QED) is 0.596. The number of carbonyl (C=O) groups excluding carboxylic acids is 1. The van der Waals surface area contributed by atoms with E-state index in [9.17, 15) is 10.1 Å². The average Bonchev–Trinajstić information content (AvgIpc) is 3.34. The summed E-state index contributed by atoms with van der Waals surface area (Å²) in [7, 11) is 2.11. The topological polar surface area (TPSA) is 94.8 Å². The van der Waals surface area contributed by atoms with E-state index in [0.717, 1.165) is 35.4 Å². The Labute approximate surface area is 209 Å². The lowest BCUT2D eigenvalue weighted by molar-refractivity contribution is 0.0145. The first-order valence-electron chi connectivity index (χ1n) is 11.6. The summed E-state index contributed by atoms with van der Waals surface area (Å²) in [4.78, 5) is 28.1. The van der Waals surface area contributed by atoms with E-state index >= 15 is 0 Å². The summed E-state index contributed by atoms with van der Waals surface area (Å²) >= 11 is 7.74. The van der Waals surface area contributed by atoms with Crippen molar-refractivity contribution in [1.29, 1.82) is 5.26 Å². The predicted octanol–water partition coefficient (Wildman–Crippen LogP) is 4.16. The van der Waals surface area contributed by atoms with Gasteiger partial charge in [-0.15, -0.1) is 11.3 Å². The predicted molar refractivity (Wildman–Crippen MR) is 133 cm³/mol. The SMILES string of the molecule is CN1CCC[C@H]1COc1nc(N2CCN(C(=O)OC(C)(C)C)C(CC#N)C2)c2sc(Cl)cc2n1. The van der Waals surface area contributed by atoms with E-state index in [1.807, 2.05) is 26.8 Å². The number of aromatic nitrogens is 2. The second-order valence-electron chi connectivity index (χ2n) is 9.82. The second-order valence-corrected chi connectivity index (χ2v) is 11.5. The van der Waals surface area contributed by atoms with Crippen LogP contribution in [0.4, 0.5) is 10.6 Å². The molecule has 2 aliphatic heterocycles. The number of halogens is 1. The monoisotopic (exact) mass is 506 g/mol. The van der Waals surface area contributed by atoms with Gasteiger partial charge in [-0.2, -0.15) is 15.2 Å². The Bertz CT molecular complexity index is 1080. The molecular formula is C23H31ClN6O3S. The normalized spacial score (nSPS) is 21.6. The number of rotatable bonds is 5. The molecule has 0 radical (unpaired) electrons. The van der Waals surface area contributed by atoms with Gasteiger partial charge in [-0.05, 0) is 53.3 Å². The first kappa shape index (κ1) is 24.8. The number of hydrogen-bond acceptors (Lipinski definition) is 9. The lowest BCUT2D eigenvalue weighted by Gasteiger charge is -2.41. The fourth-order valence-corrected chi connectivity index (χ4v) is 5.57. The molecule has 1 amide bonds. The number of anilines is 1. The number of piperazine rings is 1. The molecule has 2 aromatic heterocycles. The number of likely N-dealkylation sites (N-methyl/N-ethyl adjacent to an activating group) is 1. The fraction of sp³-hybridized carbons (Fsp3) is 0.652. The summed E-state index contributed by atoms with van der Waals surface area (Å²) in [5, 5.41) is 9.41. The van der Waals surface area contributed by atoms with Gasteiger partial charge in [-0.25, -0.2) is 4.79 Å². The van der Waals surface area contributed by atoms with Gasteiger partial charge in [0.15, 0.2) is 5.82 Å². The van der Waals surface area contributed by atoms with Gasteiger partial charge < -0.3 is 24.2 Å². The number of thiophene rings is 1. The van der Waals surface area contributed by atoms with Gasteiger partial charge >= 0.3 is 12.1 Å². The van der Waals surface area contributed by atoms with Crippen LogP contribution in [0.15, 0.2) is 6.07 Å². The van der Waals surface area contributed by atoms with Crippen molar-refractivity contribution in [3.63, 3.8) is 0 Å². The van der Waals surface area contributed by atoms with Crippen molar-refractivity contribution in [2.45, 2.75) is 57.7 Å². The van der Waals surface area contributed by atoms with Gasteiger partial charge in [0.1, 0.15) is 12.2 Å². The molecular weight excluding hydrogens is 476 g/mol. The minimum Gasteiger partial charge on any atom is -0.462 e. The zero-order valence-corrected chi connectivity index (χ0v) is 21.7. The molecule has 0 N–H and O–H groups in total. The summed E-state index contributed by atoms with van der Waals surface area (Å²) in [5.74, 6) is 0.725. The zero-order chi connectivity index (χ0) is 24.5. The molecule has 0 saturated carbocycles. The Hall–Kier alpha value is -2.35. The third-order valence-corrected chi connectivity index (χ3v) is 7.37. The standard InChI is InChI=1S/C23H31ClN6O3S/c1-23(2,3)33-22(31)30-11-10-29(13-15(30)7-8-25)20-19-17(12-18(24)34-19)26-21(27-20)32-14-16-6-5-9-28(16)4/h12,15-16H,5-7,9-11,13-14H2,1-4H3/t15?,16-/m0/s1. The van der Waals surface area contributed by atoms with Crippen molar-refractivity contribution >= 4 is 45.1 Å². The van der Waals surface area contributed by atoms with E-state index in [1.54, 1.807) is 4.90 Å². The second kappa shape index (κ2) is 10.1. The maximum Gasteiger partial charge on any atom is 0.410 e. The maximum absolute atomic E-state index is 12.8. The van der Waals surface area contributed by atoms with E-state index in [-0.39, 0.29) is 12.5 Å². The van der Waals surface area contributed by atoms with Crippen molar-refractivity contribution in [2.24, 2.45) is 0 Å². The van der Waals surface area contributed by atoms with Gasteiger partial charge in [0, 0.05) is 25.7 Å². The number of likely N-dealkylation sites (tertiary alicyclic amines) is 1. The molecule has 0 spiro atoms. The molecule has 11 heteroatoms. The van der Waals surface area contributed by atoms with Crippen LogP contribution in [0.5, 0.6) is 6.01 Å². The third-order valence-electron chi connectivity index (χ3n) is 6.12. The van der Waals surface area contributed by atoms with Crippen LogP contribution in [0.2, 0.25) is 4.34 Å². The van der Waals surface area contributed by atoms with Gasteiger partial charge in [-0.1, -0.05) is 11.6 Å². The van der Waals surface area contributed by atoms with Crippen LogP contribution in [0.3, 0.4) is 0 Å². The number of nitriles is 1. The Kier molecular flexibility index (Phi) is 7.36. The highest BCUT2D eigenvalue weighted by Crippen LogP contribution is 2.37. The Morgan fingerprint density at radius 2 is 2.09 bits per heavy atom. The van der Waals surface area contributed by atoms with Gasteiger partial charge in [0.05, 0.1) is 33.1 Å². The molecule has 0 bridgehead atoms. The van der Waals surface area contributed by atoms with Crippen LogP contribution in [0, 0.1) is 11.3 Å². The maximum atomic E-state index is 12.8. The fourth-order valence-electron chi connectivity index (χ4n) is 4.39. The van der Waals surface area contributed by atoms with Gasteiger partial charge in [-0.3, -0.25) is 0 Å². The van der Waals surface area contributed by atoms with Crippen molar-refractivity contribution < 1.29 is 14.3 Å². The van der Waals surface area contributed by atoms with E-state index in [1.165, 1.54) is 11.3 Å². The molecule has 184 valence electrons. The largest absolute Gasteiger partial charge is 0.462 e. The minimum absolute atomic E-state index is 0.201. The van der Waals surface area contributed by atoms with Crippen LogP contribution < -0.4 is 9.64 Å². The number of fused-ring (bicyclic) bond motifs is 1. The van der Waals surface area contributed by atoms with Crippen LogP contribution in [0.1, 0.15) is 40.0 Å². The molecule has 0 aliphatic carbocycles. The Morgan fingerprint density at radius 3 is 2.76 bits per heavy atom. The first-order chi connectivity index (χ1) is 16.1. The van der Waals surface area contributed by atoms with Gasteiger partial charge in [0.2, 0.25) is 0 Å². The molecule has 2 aliphatic rings. The molecule has 2 aromatic rings. The Balaban J connectivity index is 1.57. The number of amides is 1. The van der Waals surface area contributed by atoms with Crippen molar-refractivity contribution in [2.75, 3.05) is 44.7 Å². The van der Waals surface area contributed by atoms with E-state index in [0.29, 0.717) is 42.6 Å². The molecule has 9 nitrogen and oxygen atoms in total. The molecule has 0 aromatic carbocycles. The number of hydrogen-bond donors (Lipinski definition) is 0. The van der Waals surface area contributed by atoms with Crippen LogP contribution in [-0.2, 0) is 4.74 Å². The molecule has 34 heavy (non-hydrogen) atoms. The van der Waals surface area contributed by atoms with Crippen molar-refractivity contribution in [3.05, 3.63) is 10.4 Å². The molecule has 4 rings (SSSR count). The average molecular weight is 507 g/mol. The molecule has 2 saturated heterocycles. The highest BCUT2D eigenvalue weighted by atomic mass is 35.5. The molecule has 1 unspecified atom stereocenters. The van der Waals surface area contributed by atoms with E-state index in [2.05, 4.69) is 27.9 Å². The van der Waals surface area contributed by atoms with Crippen molar-refractivity contribution in [3.8, 4) is 12.1 Å². The Morgan fingerprint density at radius 1 is 1.29 bits per heavy atom. The summed E-state index contributed by atoms with van der Waals surface area (Å²) < 4.78 is 13.1. The molecule has 2 atom stereocenters. The van der Waals surface area contributed by atoms with Crippen LogP contribution >= 0.6 is 22.9 Å². The number of ether oxygens (including phenoxy) is 2. The highest BCUT2D eigenvalue weighted by Gasteiger charge is 2.35. The van der Waals surface area contributed by atoms with Crippen LogP contribution in [-0.4, -0.2) is 83.4 Å². The number of nitrogens with zero attached hydrogens (tertiary/aromatic N) is 6. The highest BCUT2D eigenvalue weighted by molar-refractivity contribution is 7.23. The van der Waals surface area contributed by atoms with E-state index < -0.39 is 11.7 Å². The molecule has 2 fully saturated rings. The van der Waals surface area contributed by atoms with Crippen LogP contribution in [0.25, 0.3) is 10.2 Å². The lowest BCUT2D eigenvalue weighted by Crippen LogP contribution is -2.56. The molecule has 4 heterocycles. The zero-order valence-electron chi connectivity index (χ0n) is 20.1. The summed E-state index contributed by atoms with van der Waals surface area (Å²) in [6.45, 7) is 8.54. The smallest absolute Gasteiger partial charge is 0.410 e. The lowest BCUT2D eigenvalue weighted by atomic mass is 10.1.